The van der Waals surface area contributed by atoms with E-state index in [0.29, 0.717) is 13.1 Å². The Labute approximate surface area is 93.5 Å². The van der Waals surface area contributed by atoms with Crippen LogP contribution in [0.4, 0.5) is 14.6 Å². The van der Waals surface area contributed by atoms with Crippen molar-refractivity contribution in [3.05, 3.63) is 18.1 Å². The first kappa shape index (κ1) is 12.8. The van der Waals surface area contributed by atoms with E-state index in [1.165, 1.54) is 12.4 Å². The van der Waals surface area contributed by atoms with Gasteiger partial charge in [0.05, 0.1) is 0 Å². The highest BCUT2D eigenvalue weighted by molar-refractivity contribution is 5.39. The van der Waals surface area contributed by atoms with Gasteiger partial charge in [0.15, 0.2) is 5.82 Å². The lowest BCUT2D eigenvalue weighted by molar-refractivity contribution is 0.146. The molecule has 0 spiro atoms. The van der Waals surface area contributed by atoms with Crippen LogP contribution in [0.5, 0.6) is 0 Å². The lowest BCUT2D eigenvalue weighted by Gasteiger charge is -2.09. The largest absolute Gasteiger partial charge is 0.367 e. The van der Waals surface area contributed by atoms with Crippen molar-refractivity contribution in [3.8, 4) is 0 Å². The molecule has 0 aliphatic rings. The average molecular weight is 230 g/mol. The van der Waals surface area contributed by atoms with Crippen LogP contribution in [-0.2, 0) is 0 Å². The van der Waals surface area contributed by atoms with Gasteiger partial charge in [0.2, 0.25) is 0 Å². The van der Waals surface area contributed by atoms with Crippen molar-refractivity contribution in [1.29, 1.82) is 0 Å². The molecule has 6 heteroatoms. The lowest BCUT2D eigenvalue weighted by atomic mass is 10.4. The summed E-state index contributed by atoms with van der Waals surface area (Å²) >= 11 is 0. The first-order chi connectivity index (χ1) is 7.75. The summed E-state index contributed by atoms with van der Waals surface area (Å²) in [5.41, 5.74) is -0.294. The third-order valence-electron chi connectivity index (χ3n) is 1.95. The standard InChI is InChI=1S/C10H16F2N4/c1-2-3-13-4-5-15-10-8(9(11)12)14-6-7-16-10/h6-7,9,13H,2-5H2,1H3,(H,15,16). The van der Waals surface area contributed by atoms with Gasteiger partial charge in [0.25, 0.3) is 6.43 Å². The van der Waals surface area contributed by atoms with Crippen molar-refractivity contribution in [2.45, 2.75) is 19.8 Å². The van der Waals surface area contributed by atoms with Crippen LogP contribution >= 0.6 is 0 Å². The smallest absolute Gasteiger partial charge is 0.283 e. The topological polar surface area (TPSA) is 49.8 Å². The van der Waals surface area contributed by atoms with E-state index in [2.05, 4.69) is 27.5 Å². The molecule has 1 heterocycles. The van der Waals surface area contributed by atoms with E-state index in [4.69, 9.17) is 0 Å². The highest BCUT2D eigenvalue weighted by atomic mass is 19.3. The molecule has 90 valence electrons. The zero-order valence-electron chi connectivity index (χ0n) is 9.21. The van der Waals surface area contributed by atoms with Crippen molar-refractivity contribution >= 4 is 5.82 Å². The summed E-state index contributed by atoms with van der Waals surface area (Å²) in [5, 5.41) is 5.99. The summed E-state index contributed by atoms with van der Waals surface area (Å²) in [6, 6.07) is 0. The van der Waals surface area contributed by atoms with Gasteiger partial charge in [0.1, 0.15) is 5.69 Å². The Kier molecular flexibility index (Phi) is 5.63. The minimum absolute atomic E-state index is 0.163. The quantitative estimate of drug-likeness (QED) is 0.702. The Hall–Kier alpha value is -1.30. The Balaban J connectivity index is 2.41. The monoisotopic (exact) mass is 230 g/mol. The number of aromatic nitrogens is 2. The summed E-state index contributed by atoms with van der Waals surface area (Å²) in [6.07, 6.45) is 1.11. The molecule has 1 aromatic heterocycles. The summed E-state index contributed by atoms with van der Waals surface area (Å²) in [6.45, 7) is 4.26. The van der Waals surface area contributed by atoms with E-state index in [1.807, 2.05) is 0 Å². The van der Waals surface area contributed by atoms with Gasteiger partial charge in [-0.3, -0.25) is 0 Å². The molecule has 0 aliphatic carbocycles. The third kappa shape index (κ3) is 4.06. The van der Waals surface area contributed by atoms with Crippen molar-refractivity contribution in [1.82, 2.24) is 15.3 Å². The zero-order valence-corrected chi connectivity index (χ0v) is 9.21. The molecule has 0 saturated carbocycles. The Morgan fingerprint density at radius 1 is 1.19 bits per heavy atom. The third-order valence-corrected chi connectivity index (χ3v) is 1.95. The van der Waals surface area contributed by atoms with Crippen LogP contribution in [0.1, 0.15) is 25.5 Å². The van der Waals surface area contributed by atoms with Crippen LogP contribution in [0.2, 0.25) is 0 Å². The minimum Gasteiger partial charge on any atom is -0.367 e. The fourth-order valence-electron chi connectivity index (χ4n) is 1.22. The maximum absolute atomic E-state index is 12.5. The van der Waals surface area contributed by atoms with Gasteiger partial charge in [-0.2, -0.15) is 0 Å². The first-order valence-corrected chi connectivity index (χ1v) is 5.29. The summed E-state index contributed by atoms with van der Waals surface area (Å²) in [7, 11) is 0. The molecule has 0 atom stereocenters. The molecule has 2 N–H and O–H groups in total. The maximum atomic E-state index is 12.5. The Morgan fingerprint density at radius 2 is 1.94 bits per heavy atom. The highest BCUT2D eigenvalue weighted by Crippen LogP contribution is 2.21. The number of hydrogen-bond donors (Lipinski definition) is 2. The second-order valence-corrected chi connectivity index (χ2v) is 3.27. The SMILES string of the molecule is CCCNCCNc1nccnc1C(F)F. The van der Waals surface area contributed by atoms with Crippen LogP contribution in [0.15, 0.2) is 12.4 Å². The average Bonchev–Trinajstić information content (AvgIpc) is 2.29. The van der Waals surface area contributed by atoms with Crippen LogP contribution in [0.25, 0.3) is 0 Å². The Bertz CT molecular complexity index is 307. The van der Waals surface area contributed by atoms with Gasteiger partial charge >= 0.3 is 0 Å². The van der Waals surface area contributed by atoms with Gasteiger partial charge in [0, 0.05) is 25.5 Å². The zero-order chi connectivity index (χ0) is 11.8. The van der Waals surface area contributed by atoms with Gasteiger partial charge in [-0.05, 0) is 13.0 Å². The molecule has 0 aliphatic heterocycles. The summed E-state index contributed by atoms with van der Waals surface area (Å²) in [4.78, 5) is 7.43. The fraction of sp³-hybridized carbons (Fsp3) is 0.600. The van der Waals surface area contributed by atoms with Crippen LogP contribution < -0.4 is 10.6 Å². The molecule has 0 amide bonds. The van der Waals surface area contributed by atoms with E-state index in [0.717, 1.165) is 13.0 Å². The van der Waals surface area contributed by atoms with Gasteiger partial charge in [-0.25, -0.2) is 18.7 Å². The fourth-order valence-corrected chi connectivity index (χ4v) is 1.22. The van der Waals surface area contributed by atoms with Crippen LogP contribution in [0.3, 0.4) is 0 Å². The number of alkyl halides is 2. The van der Waals surface area contributed by atoms with Crippen LogP contribution in [-0.4, -0.2) is 29.6 Å². The molecule has 0 saturated heterocycles. The van der Waals surface area contributed by atoms with E-state index < -0.39 is 6.43 Å². The van der Waals surface area contributed by atoms with Crippen molar-refractivity contribution in [3.63, 3.8) is 0 Å². The Morgan fingerprint density at radius 3 is 2.62 bits per heavy atom. The number of anilines is 1. The molecule has 0 unspecified atom stereocenters. The predicted molar refractivity (Wildman–Crippen MR) is 58.6 cm³/mol. The number of nitrogens with zero attached hydrogens (tertiary/aromatic N) is 2. The van der Waals surface area contributed by atoms with Crippen molar-refractivity contribution in [2.24, 2.45) is 0 Å². The molecule has 0 aromatic carbocycles. The molecular formula is C10H16F2N4. The molecular weight excluding hydrogens is 214 g/mol. The molecule has 0 fully saturated rings. The number of nitrogens with one attached hydrogen (secondary N) is 2. The van der Waals surface area contributed by atoms with E-state index >= 15 is 0 Å². The summed E-state index contributed by atoms with van der Waals surface area (Å²) < 4.78 is 25.0. The maximum Gasteiger partial charge on any atom is 0.283 e. The lowest BCUT2D eigenvalue weighted by Crippen LogP contribution is -2.23. The normalized spacial score (nSPS) is 10.8. The molecule has 4 nitrogen and oxygen atoms in total. The van der Waals surface area contributed by atoms with E-state index in [9.17, 15) is 8.78 Å². The number of hydrogen-bond acceptors (Lipinski definition) is 4. The predicted octanol–water partition coefficient (Wildman–Crippen LogP) is 1.83. The first-order valence-electron chi connectivity index (χ1n) is 5.29. The van der Waals surface area contributed by atoms with Crippen molar-refractivity contribution < 1.29 is 8.78 Å². The van der Waals surface area contributed by atoms with Crippen molar-refractivity contribution in [2.75, 3.05) is 25.0 Å². The van der Waals surface area contributed by atoms with E-state index in [1.54, 1.807) is 0 Å². The molecule has 16 heavy (non-hydrogen) atoms. The minimum atomic E-state index is -2.60. The molecule has 0 radical (unpaired) electrons. The van der Waals surface area contributed by atoms with Gasteiger partial charge < -0.3 is 10.6 Å². The van der Waals surface area contributed by atoms with Gasteiger partial charge in [-0.1, -0.05) is 6.92 Å². The number of halogens is 2. The molecule has 0 bridgehead atoms. The number of rotatable bonds is 7. The summed E-state index contributed by atoms with van der Waals surface area (Å²) in [5.74, 6) is 0.163. The molecule has 1 rings (SSSR count). The van der Waals surface area contributed by atoms with E-state index in [-0.39, 0.29) is 11.5 Å². The second kappa shape index (κ2) is 7.05. The highest BCUT2D eigenvalue weighted by Gasteiger charge is 2.14. The molecule has 1 aromatic rings. The van der Waals surface area contributed by atoms with Crippen LogP contribution in [0, 0.1) is 0 Å². The van der Waals surface area contributed by atoms with Gasteiger partial charge in [-0.15, -0.1) is 0 Å². The second-order valence-electron chi connectivity index (χ2n) is 3.27.